The fourth-order valence-corrected chi connectivity index (χ4v) is 1.60. The second kappa shape index (κ2) is 5.50. The fraction of sp³-hybridized carbons (Fsp3) is 0.571. The van der Waals surface area contributed by atoms with Crippen molar-refractivity contribution in [2.75, 3.05) is 18.5 Å². The van der Waals surface area contributed by atoms with Gasteiger partial charge in [0.2, 0.25) is 0 Å². The van der Waals surface area contributed by atoms with E-state index in [1.807, 2.05) is 13.1 Å². The van der Waals surface area contributed by atoms with Crippen LogP contribution < -0.4 is 10.2 Å². The molecule has 0 bridgehead atoms. The van der Waals surface area contributed by atoms with Crippen molar-refractivity contribution in [3.05, 3.63) is 29.6 Å². The Bertz CT molecular complexity index is 369. The van der Waals surface area contributed by atoms with E-state index < -0.39 is 0 Å². The quantitative estimate of drug-likeness (QED) is 0.866. The van der Waals surface area contributed by atoms with Crippen LogP contribution in [0.25, 0.3) is 0 Å². The van der Waals surface area contributed by atoms with Crippen LogP contribution in [-0.4, -0.2) is 19.1 Å². The molecule has 0 fully saturated rings. The van der Waals surface area contributed by atoms with Crippen LogP contribution in [0.1, 0.15) is 33.3 Å². The van der Waals surface area contributed by atoms with E-state index in [1.54, 1.807) is 6.07 Å². The predicted octanol–water partition coefficient (Wildman–Crippen LogP) is 3.17. The highest BCUT2D eigenvalue weighted by molar-refractivity contribution is 5.53. The molecule has 0 unspecified atom stereocenters. The third-order valence-electron chi connectivity index (χ3n) is 2.78. The normalized spacial score (nSPS) is 11.6. The van der Waals surface area contributed by atoms with Gasteiger partial charge in [0, 0.05) is 36.9 Å². The van der Waals surface area contributed by atoms with Crippen molar-refractivity contribution in [1.82, 2.24) is 5.32 Å². The summed E-state index contributed by atoms with van der Waals surface area (Å²) in [5.74, 6) is -0.139. The van der Waals surface area contributed by atoms with E-state index in [1.165, 1.54) is 6.07 Å². The van der Waals surface area contributed by atoms with Gasteiger partial charge >= 0.3 is 0 Å². The second-order valence-corrected chi connectivity index (χ2v) is 5.36. The Kier molecular flexibility index (Phi) is 4.52. The molecule has 1 rings (SSSR count). The molecule has 0 aliphatic carbocycles. The maximum absolute atomic E-state index is 13.9. The van der Waals surface area contributed by atoms with Gasteiger partial charge in [-0.15, -0.1) is 0 Å². The molecule has 0 amide bonds. The molecule has 0 atom stereocenters. The first-order valence-corrected chi connectivity index (χ1v) is 6.08. The first-order chi connectivity index (χ1) is 7.85. The molecule has 1 aromatic carbocycles. The van der Waals surface area contributed by atoms with E-state index in [0.717, 1.165) is 17.8 Å². The Balaban J connectivity index is 2.96. The molecule has 1 aromatic rings. The highest BCUT2D eigenvalue weighted by atomic mass is 19.1. The molecule has 1 N–H and O–H groups in total. The van der Waals surface area contributed by atoms with Gasteiger partial charge in [-0.25, -0.2) is 4.39 Å². The molecule has 0 heterocycles. The summed E-state index contributed by atoms with van der Waals surface area (Å²) in [5.41, 5.74) is 1.70. The van der Waals surface area contributed by atoms with Crippen LogP contribution in [0.15, 0.2) is 18.2 Å². The van der Waals surface area contributed by atoms with Crippen molar-refractivity contribution in [2.24, 2.45) is 0 Å². The number of hydrogen-bond acceptors (Lipinski definition) is 2. The van der Waals surface area contributed by atoms with Crippen LogP contribution in [0, 0.1) is 5.82 Å². The van der Waals surface area contributed by atoms with Gasteiger partial charge in [0.05, 0.1) is 0 Å². The van der Waals surface area contributed by atoms with Gasteiger partial charge in [-0.2, -0.15) is 0 Å². The summed E-state index contributed by atoms with van der Waals surface area (Å²) >= 11 is 0. The summed E-state index contributed by atoms with van der Waals surface area (Å²) < 4.78 is 13.9. The van der Waals surface area contributed by atoms with Gasteiger partial charge < -0.3 is 10.2 Å². The fourth-order valence-electron chi connectivity index (χ4n) is 1.60. The minimum Gasteiger partial charge on any atom is -0.375 e. The number of hydrogen-bond donors (Lipinski definition) is 1. The molecule has 0 saturated carbocycles. The van der Waals surface area contributed by atoms with Crippen LogP contribution in [0.3, 0.4) is 0 Å². The highest BCUT2D eigenvalue weighted by Crippen LogP contribution is 2.22. The molecule has 96 valence electrons. The van der Waals surface area contributed by atoms with Crippen molar-refractivity contribution in [1.29, 1.82) is 0 Å². The molecular weight excluding hydrogens is 215 g/mol. The van der Waals surface area contributed by atoms with E-state index in [0.29, 0.717) is 6.54 Å². The standard InChI is InChI=1S/C14H23FN2/c1-6-17(5)13-9-7-8-12(15)11(13)10-16-14(2,3)4/h7-9,16H,6,10H2,1-5H3. The third-order valence-corrected chi connectivity index (χ3v) is 2.78. The largest absolute Gasteiger partial charge is 0.375 e. The first kappa shape index (κ1) is 14.0. The number of anilines is 1. The van der Waals surface area contributed by atoms with Crippen molar-refractivity contribution >= 4 is 5.69 Å². The molecular formula is C14H23FN2. The predicted molar refractivity (Wildman–Crippen MR) is 71.9 cm³/mol. The number of benzene rings is 1. The lowest BCUT2D eigenvalue weighted by molar-refractivity contribution is 0.418. The molecule has 3 heteroatoms. The Morgan fingerprint density at radius 2 is 1.94 bits per heavy atom. The van der Waals surface area contributed by atoms with Crippen molar-refractivity contribution in [3.63, 3.8) is 0 Å². The van der Waals surface area contributed by atoms with Crippen LogP contribution in [-0.2, 0) is 6.54 Å². The van der Waals surface area contributed by atoms with Crippen LogP contribution in [0.5, 0.6) is 0 Å². The minimum atomic E-state index is -0.139. The van der Waals surface area contributed by atoms with Crippen LogP contribution in [0.2, 0.25) is 0 Å². The van der Waals surface area contributed by atoms with Gasteiger partial charge in [0.1, 0.15) is 5.82 Å². The highest BCUT2D eigenvalue weighted by Gasteiger charge is 2.14. The lowest BCUT2D eigenvalue weighted by Gasteiger charge is -2.25. The van der Waals surface area contributed by atoms with Gasteiger partial charge in [-0.1, -0.05) is 6.07 Å². The van der Waals surface area contributed by atoms with Crippen LogP contribution in [0.4, 0.5) is 10.1 Å². The number of nitrogens with zero attached hydrogens (tertiary/aromatic N) is 1. The molecule has 17 heavy (non-hydrogen) atoms. The van der Waals surface area contributed by atoms with Crippen molar-refractivity contribution in [2.45, 2.75) is 39.8 Å². The second-order valence-electron chi connectivity index (χ2n) is 5.36. The number of halogens is 1. The summed E-state index contributed by atoms with van der Waals surface area (Å²) in [7, 11) is 1.98. The average Bonchev–Trinajstić information content (AvgIpc) is 2.25. The summed E-state index contributed by atoms with van der Waals surface area (Å²) in [6, 6.07) is 5.25. The third kappa shape index (κ3) is 4.00. The van der Waals surface area contributed by atoms with E-state index in [4.69, 9.17) is 0 Å². The summed E-state index contributed by atoms with van der Waals surface area (Å²) in [5, 5.41) is 3.33. The number of nitrogens with one attached hydrogen (secondary N) is 1. The Morgan fingerprint density at radius 3 is 2.47 bits per heavy atom. The van der Waals surface area contributed by atoms with Gasteiger partial charge in [0.15, 0.2) is 0 Å². The van der Waals surface area contributed by atoms with Gasteiger partial charge in [-0.3, -0.25) is 0 Å². The molecule has 0 spiro atoms. The number of rotatable bonds is 4. The van der Waals surface area contributed by atoms with Gasteiger partial charge in [0.25, 0.3) is 0 Å². The minimum absolute atomic E-state index is 0.00959. The monoisotopic (exact) mass is 238 g/mol. The van der Waals surface area contributed by atoms with E-state index in [-0.39, 0.29) is 11.4 Å². The average molecular weight is 238 g/mol. The molecule has 0 aromatic heterocycles. The summed E-state index contributed by atoms with van der Waals surface area (Å²) in [4.78, 5) is 2.06. The molecule has 0 radical (unpaired) electrons. The molecule has 0 aliphatic rings. The lowest BCUT2D eigenvalue weighted by Crippen LogP contribution is -2.36. The van der Waals surface area contributed by atoms with Crippen molar-refractivity contribution in [3.8, 4) is 0 Å². The van der Waals surface area contributed by atoms with Gasteiger partial charge in [-0.05, 0) is 39.8 Å². The zero-order valence-corrected chi connectivity index (χ0v) is 11.5. The topological polar surface area (TPSA) is 15.3 Å². The van der Waals surface area contributed by atoms with Crippen LogP contribution >= 0.6 is 0 Å². The first-order valence-electron chi connectivity index (χ1n) is 6.08. The lowest BCUT2D eigenvalue weighted by atomic mass is 10.1. The summed E-state index contributed by atoms with van der Waals surface area (Å²) in [6.45, 7) is 9.72. The molecule has 0 saturated heterocycles. The maximum atomic E-state index is 13.9. The zero-order chi connectivity index (χ0) is 13.1. The molecule has 0 aliphatic heterocycles. The van der Waals surface area contributed by atoms with E-state index in [9.17, 15) is 4.39 Å². The Labute approximate surface area is 104 Å². The zero-order valence-electron chi connectivity index (χ0n) is 11.5. The van der Waals surface area contributed by atoms with E-state index in [2.05, 4.69) is 37.9 Å². The Hall–Kier alpha value is -1.09. The molecule has 2 nitrogen and oxygen atoms in total. The Morgan fingerprint density at radius 1 is 1.29 bits per heavy atom. The SMILES string of the molecule is CCN(C)c1cccc(F)c1CNC(C)(C)C. The van der Waals surface area contributed by atoms with E-state index >= 15 is 0 Å². The van der Waals surface area contributed by atoms with Crippen molar-refractivity contribution < 1.29 is 4.39 Å². The smallest absolute Gasteiger partial charge is 0.129 e. The maximum Gasteiger partial charge on any atom is 0.129 e. The summed E-state index contributed by atoms with van der Waals surface area (Å²) in [6.07, 6.45) is 0.